The van der Waals surface area contributed by atoms with E-state index >= 15 is 0 Å². The number of nitrogens with zero attached hydrogens (tertiary/aromatic N) is 3. The van der Waals surface area contributed by atoms with Gasteiger partial charge in [0.1, 0.15) is 5.82 Å². The van der Waals surface area contributed by atoms with Gasteiger partial charge in [-0.1, -0.05) is 0 Å². The highest BCUT2D eigenvalue weighted by Gasteiger charge is 2.31. The number of hydrogen-bond acceptors (Lipinski definition) is 4. The number of pyridine rings is 1. The zero-order valence-corrected chi connectivity index (χ0v) is 12.6. The first-order valence-electron chi connectivity index (χ1n) is 7.76. The first kappa shape index (κ1) is 13.8. The molecule has 1 aromatic heterocycles. The molecule has 1 unspecified atom stereocenters. The van der Waals surface area contributed by atoms with Crippen LogP contribution in [0.4, 0.5) is 5.82 Å². The minimum absolute atomic E-state index is 0.0827. The molecule has 4 nitrogen and oxygen atoms in total. The Morgan fingerprint density at radius 3 is 2.70 bits per heavy atom. The zero-order valence-electron chi connectivity index (χ0n) is 12.6. The number of aryl methyl sites for hydroxylation is 2. The number of anilines is 1. The molecule has 2 fully saturated rings. The topological polar surface area (TPSA) is 39.6 Å². The minimum Gasteiger partial charge on any atom is -0.392 e. The second-order valence-electron chi connectivity index (χ2n) is 6.17. The predicted molar refractivity (Wildman–Crippen MR) is 81.1 cm³/mol. The highest BCUT2D eigenvalue weighted by atomic mass is 16.3. The van der Waals surface area contributed by atoms with Crippen LogP contribution in [0.25, 0.3) is 0 Å². The summed E-state index contributed by atoms with van der Waals surface area (Å²) in [4.78, 5) is 9.69. The van der Waals surface area contributed by atoms with Gasteiger partial charge in [-0.3, -0.25) is 4.90 Å². The standard InChI is InChI=1S/C16H25N3O/c1-12-9-13(2)17-16(15(12)11-20)19-8-5-14(10-19)18-6-3-4-7-18/h9,14,20H,3-8,10-11H2,1-2H3. The summed E-state index contributed by atoms with van der Waals surface area (Å²) in [7, 11) is 0. The van der Waals surface area contributed by atoms with Gasteiger partial charge in [0.15, 0.2) is 0 Å². The molecule has 0 aromatic carbocycles. The molecule has 0 saturated carbocycles. The van der Waals surface area contributed by atoms with E-state index in [1.165, 1.54) is 32.4 Å². The lowest BCUT2D eigenvalue weighted by Crippen LogP contribution is -2.35. The number of likely N-dealkylation sites (tertiary alicyclic amines) is 1. The van der Waals surface area contributed by atoms with Crippen molar-refractivity contribution in [3.05, 3.63) is 22.9 Å². The van der Waals surface area contributed by atoms with Crippen LogP contribution in [0.2, 0.25) is 0 Å². The Kier molecular flexibility index (Phi) is 3.94. The van der Waals surface area contributed by atoms with E-state index in [2.05, 4.69) is 22.8 Å². The van der Waals surface area contributed by atoms with Crippen molar-refractivity contribution in [1.82, 2.24) is 9.88 Å². The summed E-state index contributed by atoms with van der Waals surface area (Å²) in [5, 5.41) is 9.65. The van der Waals surface area contributed by atoms with Crippen LogP contribution in [0.3, 0.4) is 0 Å². The normalized spacial score (nSPS) is 23.8. The van der Waals surface area contributed by atoms with Gasteiger partial charge in [-0.25, -0.2) is 4.98 Å². The average molecular weight is 275 g/mol. The van der Waals surface area contributed by atoms with E-state index in [0.717, 1.165) is 35.7 Å². The summed E-state index contributed by atoms with van der Waals surface area (Å²) in [6, 6.07) is 2.73. The molecule has 0 radical (unpaired) electrons. The summed E-state index contributed by atoms with van der Waals surface area (Å²) in [5.74, 6) is 1.01. The highest BCUT2D eigenvalue weighted by molar-refractivity contribution is 5.52. The van der Waals surface area contributed by atoms with Gasteiger partial charge >= 0.3 is 0 Å². The molecule has 2 aliphatic rings. The van der Waals surface area contributed by atoms with Crippen LogP contribution in [0.1, 0.15) is 36.1 Å². The number of rotatable bonds is 3. The van der Waals surface area contributed by atoms with Crippen LogP contribution in [0.15, 0.2) is 6.07 Å². The van der Waals surface area contributed by atoms with Crippen LogP contribution in [0.5, 0.6) is 0 Å². The Labute approximate surface area is 121 Å². The summed E-state index contributed by atoms with van der Waals surface area (Å²) < 4.78 is 0. The molecule has 2 saturated heterocycles. The highest BCUT2D eigenvalue weighted by Crippen LogP contribution is 2.28. The fourth-order valence-electron chi connectivity index (χ4n) is 3.64. The monoisotopic (exact) mass is 275 g/mol. The molecule has 1 atom stereocenters. The molecule has 0 aliphatic carbocycles. The molecule has 2 aliphatic heterocycles. The van der Waals surface area contributed by atoms with Gasteiger partial charge < -0.3 is 10.0 Å². The Hall–Kier alpha value is -1.13. The van der Waals surface area contributed by atoms with Gasteiger partial charge in [0, 0.05) is 30.4 Å². The lowest BCUT2D eigenvalue weighted by atomic mass is 10.1. The van der Waals surface area contributed by atoms with Crippen molar-refractivity contribution in [2.24, 2.45) is 0 Å². The second kappa shape index (κ2) is 5.70. The molecule has 20 heavy (non-hydrogen) atoms. The number of aromatic nitrogens is 1. The van der Waals surface area contributed by atoms with Crippen molar-refractivity contribution in [3.8, 4) is 0 Å². The zero-order chi connectivity index (χ0) is 14.1. The fourth-order valence-corrected chi connectivity index (χ4v) is 3.64. The Morgan fingerprint density at radius 2 is 2.00 bits per heavy atom. The van der Waals surface area contributed by atoms with E-state index in [0.29, 0.717) is 6.04 Å². The summed E-state index contributed by atoms with van der Waals surface area (Å²) in [5.41, 5.74) is 3.19. The SMILES string of the molecule is Cc1cc(C)c(CO)c(N2CCC(N3CCCC3)C2)n1. The van der Waals surface area contributed by atoms with E-state index in [1.54, 1.807) is 0 Å². The predicted octanol–water partition coefficient (Wildman–Crippen LogP) is 1.87. The molecule has 3 heterocycles. The molecule has 0 bridgehead atoms. The van der Waals surface area contributed by atoms with Gasteiger partial charge in [-0.2, -0.15) is 0 Å². The van der Waals surface area contributed by atoms with Crippen LogP contribution >= 0.6 is 0 Å². The van der Waals surface area contributed by atoms with E-state index in [4.69, 9.17) is 4.98 Å². The van der Waals surface area contributed by atoms with E-state index in [1.807, 2.05) is 6.92 Å². The van der Waals surface area contributed by atoms with Crippen molar-refractivity contribution in [3.63, 3.8) is 0 Å². The van der Waals surface area contributed by atoms with Crippen LogP contribution in [-0.2, 0) is 6.61 Å². The maximum absolute atomic E-state index is 9.65. The Balaban J connectivity index is 1.80. The molecule has 3 rings (SSSR count). The number of aliphatic hydroxyl groups excluding tert-OH is 1. The first-order valence-corrected chi connectivity index (χ1v) is 7.76. The summed E-state index contributed by atoms with van der Waals surface area (Å²) >= 11 is 0. The van der Waals surface area contributed by atoms with Gasteiger partial charge in [-0.05, 0) is 57.8 Å². The van der Waals surface area contributed by atoms with Crippen molar-refractivity contribution < 1.29 is 5.11 Å². The molecular weight excluding hydrogens is 250 g/mol. The largest absolute Gasteiger partial charge is 0.392 e. The van der Waals surface area contributed by atoms with Crippen molar-refractivity contribution in [1.29, 1.82) is 0 Å². The maximum atomic E-state index is 9.65. The molecule has 110 valence electrons. The molecule has 0 spiro atoms. The van der Waals surface area contributed by atoms with E-state index in [9.17, 15) is 5.11 Å². The van der Waals surface area contributed by atoms with Crippen molar-refractivity contribution in [2.75, 3.05) is 31.1 Å². The third-order valence-electron chi connectivity index (χ3n) is 4.73. The van der Waals surface area contributed by atoms with Gasteiger partial charge in [0.2, 0.25) is 0 Å². The van der Waals surface area contributed by atoms with E-state index < -0.39 is 0 Å². The quantitative estimate of drug-likeness (QED) is 0.914. The van der Waals surface area contributed by atoms with Crippen LogP contribution in [0, 0.1) is 13.8 Å². The third-order valence-corrected chi connectivity index (χ3v) is 4.73. The fraction of sp³-hybridized carbons (Fsp3) is 0.688. The number of hydrogen-bond donors (Lipinski definition) is 1. The van der Waals surface area contributed by atoms with Crippen LogP contribution in [-0.4, -0.2) is 47.2 Å². The Bertz CT molecular complexity index is 483. The molecule has 1 N–H and O–H groups in total. The van der Waals surface area contributed by atoms with Gasteiger partial charge in [0.25, 0.3) is 0 Å². The average Bonchev–Trinajstić information content (AvgIpc) is 3.09. The first-order chi connectivity index (χ1) is 9.69. The lowest BCUT2D eigenvalue weighted by molar-refractivity contribution is 0.260. The molecule has 1 aromatic rings. The lowest BCUT2D eigenvalue weighted by Gasteiger charge is -2.25. The van der Waals surface area contributed by atoms with Gasteiger partial charge in [-0.15, -0.1) is 0 Å². The molecule has 0 amide bonds. The van der Waals surface area contributed by atoms with Crippen molar-refractivity contribution >= 4 is 5.82 Å². The maximum Gasteiger partial charge on any atom is 0.134 e. The summed E-state index contributed by atoms with van der Waals surface area (Å²) in [6.45, 7) is 8.81. The second-order valence-corrected chi connectivity index (χ2v) is 6.17. The molecular formula is C16H25N3O. The number of aliphatic hydroxyl groups is 1. The minimum atomic E-state index is 0.0827. The smallest absolute Gasteiger partial charge is 0.134 e. The Morgan fingerprint density at radius 1 is 1.25 bits per heavy atom. The van der Waals surface area contributed by atoms with Crippen LogP contribution < -0.4 is 4.90 Å². The summed E-state index contributed by atoms with van der Waals surface area (Å²) in [6.07, 6.45) is 3.92. The molecule has 4 heteroatoms. The van der Waals surface area contributed by atoms with E-state index in [-0.39, 0.29) is 6.61 Å². The van der Waals surface area contributed by atoms with Crippen molar-refractivity contribution in [2.45, 2.75) is 45.8 Å². The van der Waals surface area contributed by atoms with Gasteiger partial charge in [0.05, 0.1) is 6.61 Å². The third kappa shape index (κ3) is 2.54.